The average molecular weight is 259 g/mol. The number of nitrogens with one attached hydrogen (secondary N) is 2. The molecular weight excluding hydrogens is 242 g/mol. The lowest BCUT2D eigenvalue weighted by Gasteiger charge is -2.12. The van der Waals surface area contributed by atoms with Crippen molar-refractivity contribution in [2.24, 2.45) is 5.84 Å². The maximum absolute atomic E-state index is 11.5. The molecule has 100 valence electrons. The Morgan fingerprint density at radius 2 is 1.84 bits per heavy atom. The van der Waals surface area contributed by atoms with Crippen LogP contribution in [0.1, 0.15) is 25.0 Å². The van der Waals surface area contributed by atoms with E-state index in [1.54, 1.807) is 0 Å². The highest BCUT2D eigenvalue weighted by molar-refractivity contribution is 5.65. The predicted octanol–water partition coefficient (Wildman–Crippen LogP) is 1.24. The van der Waals surface area contributed by atoms with Crippen molar-refractivity contribution < 1.29 is 0 Å². The van der Waals surface area contributed by atoms with Gasteiger partial charge in [-0.25, -0.2) is 10.6 Å². The maximum atomic E-state index is 11.5. The summed E-state index contributed by atoms with van der Waals surface area (Å²) in [4.78, 5) is 22.1. The van der Waals surface area contributed by atoms with Crippen molar-refractivity contribution in [3.05, 3.63) is 39.8 Å². The van der Waals surface area contributed by atoms with Gasteiger partial charge in [-0.15, -0.1) is 0 Å². The van der Waals surface area contributed by atoms with Gasteiger partial charge in [-0.2, -0.15) is 9.97 Å². The maximum Gasteiger partial charge on any atom is 0.349 e. The number of aryl methyl sites for hydroxylation is 2. The fraction of sp³-hybridized carbons (Fsp3) is 0.308. The molecule has 0 aliphatic carbocycles. The molecule has 6 nitrogen and oxygen atoms in total. The van der Waals surface area contributed by atoms with Gasteiger partial charge in [-0.3, -0.25) is 10.4 Å². The number of rotatable bonds is 4. The van der Waals surface area contributed by atoms with Crippen LogP contribution in [-0.2, 0) is 12.8 Å². The molecule has 0 spiro atoms. The van der Waals surface area contributed by atoms with Gasteiger partial charge in [0.2, 0.25) is 5.95 Å². The summed E-state index contributed by atoms with van der Waals surface area (Å²) < 4.78 is 0. The summed E-state index contributed by atoms with van der Waals surface area (Å²) in [6, 6.07) is 6.08. The molecule has 6 heteroatoms. The Kier molecular flexibility index (Phi) is 3.91. The Labute approximate surface area is 111 Å². The van der Waals surface area contributed by atoms with Crippen LogP contribution in [0.5, 0.6) is 0 Å². The molecule has 1 heterocycles. The first-order valence-corrected chi connectivity index (χ1v) is 6.25. The third-order valence-electron chi connectivity index (χ3n) is 3.02. The van der Waals surface area contributed by atoms with E-state index in [4.69, 9.17) is 5.84 Å². The van der Waals surface area contributed by atoms with Crippen LogP contribution in [0.15, 0.2) is 23.0 Å². The number of anilines is 1. The van der Waals surface area contributed by atoms with Crippen LogP contribution in [0, 0.1) is 0 Å². The van der Waals surface area contributed by atoms with E-state index >= 15 is 0 Å². The number of hydrogen-bond donors (Lipinski definition) is 3. The molecule has 1 aromatic heterocycles. The number of hydrazine groups is 1. The summed E-state index contributed by atoms with van der Waals surface area (Å²) in [5.74, 6) is 5.90. The van der Waals surface area contributed by atoms with Crippen LogP contribution in [-0.4, -0.2) is 15.0 Å². The number of nitrogen functional groups attached to an aromatic ring is 1. The van der Waals surface area contributed by atoms with E-state index in [1.165, 1.54) is 0 Å². The Bertz CT molecular complexity index is 613. The normalized spacial score (nSPS) is 10.5. The van der Waals surface area contributed by atoms with E-state index in [1.807, 2.05) is 18.2 Å². The zero-order valence-electron chi connectivity index (χ0n) is 11.0. The number of nitrogens with two attached hydrogens (primary N) is 1. The standard InChI is InChI=1S/C13H17N5O/c1-3-8-6-5-7-9(4-2)10(8)11-15-12(18-14)17-13(19)16-11/h5-7H,3-4,14H2,1-2H3,(H2,15,16,17,18,19). The SMILES string of the molecule is CCc1cccc(CC)c1-c1nc(NN)nc(=O)[nH]1. The van der Waals surface area contributed by atoms with Gasteiger partial charge in [0, 0.05) is 5.56 Å². The summed E-state index contributed by atoms with van der Waals surface area (Å²) in [5.41, 5.74) is 5.08. The summed E-state index contributed by atoms with van der Waals surface area (Å²) in [5, 5.41) is 0. The number of aromatic nitrogens is 3. The van der Waals surface area contributed by atoms with E-state index in [0.717, 1.165) is 29.5 Å². The molecule has 19 heavy (non-hydrogen) atoms. The second-order valence-electron chi connectivity index (χ2n) is 4.13. The molecule has 0 unspecified atom stereocenters. The molecule has 0 radical (unpaired) electrons. The van der Waals surface area contributed by atoms with E-state index < -0.39 is 5.69 Å². The van der Waals surface area contributed by atoms with Crippen molar-refractivity contribution in [3.63, 3.8) is 0 Å². The van der Waals surface area contributed by atoms with Gasteiger partial charge in [-0.05, 0) is 24.0 Å². The monoisotopic (exact) mass is 259 g/mol. The zero-order valence-corrected chi connectivity index (χ0v) is 11.0. The van der Waals surface area contributed by atoms with Crippen LogP contribution in [0.4, 0.5) is 5.95 Å². The molecule has 0 aliphatic rings. The fourth-order valence-electron chi connectivity index (χ4n) is 2.11. The molecule has 0 fully saturated rings. The second kappa shape index (κ2) is 5.62. The van der Waals surface area contributed by atoms with Crippen molar-refractivity contribution in [2.45, 2.75) is 26.7 Å². The lowest BCUT2D eigenvalue weighted by Crippen LogP contribution is -2.20. The average Bonchev–Trinajstić information content (AvgIpc) is 2.45. The first kappa shape index (κ1) is 13.2. The van der Waals surface area contributed by atoms with E-state index in [2.05, 4.69) is 34.2 Å². The lowest BCUT2D eigenvalue weighted by atomic mass is 9.97. The van der Waals surface area contributed by atoms with E-state index in [-0.39, 0.29) is 5.95 Å². The lowest BCUT2D eigenvalue weighted by molar-refractivity contribution is 0.971. The third-order valence-corrected chi connectivity index (χ3v) is 3.02. The molecule has 0 aliphatic heterocycles. The molecule has 2 aromatic rings. The largest absolute Gasteiger partial charge is 0.349 e. The summed E-state index contributed by atoms with van der Waals surface area (Å²) in [7, 11) is 0. The molecule has 0 amide bonds. The van der Waals surface area contributed by atoms with E-state index in [0.29, 0.717) is 5.82 Å². The van der Waals surface area contributed by atoms with Gasteiger partial charge < -0.3 is 0 Å². The minimum Gasteiger partial charge on any atom is -0.292 e. The van der Waals surface area contributed by atoms with Crippen molar-refractivity contribution in [3.8, 4) is 11.4 Å². The number of benzene rings is 1. The van der Waals surface area contributed by atoms with Crippen molar-refractivity contribution >= 4 is 5.95 Å². The minimum absolute atomic E-state index is 0.117. The zero-order chi connectivity index (χ0) is 13.8. The molecule has 2 rings (SSSR count). The minimum atomic E-state index is -0.467. The molecule has 0 saturated carbocycles. The molecule has 0 atom stereocenters. The predicted molar refractivity (Wildman–Crippen MR) is 74.7 cm³/mol. The number of H-pyrrole nitrogens is 1. The van der Waals surface area contributed by atoms with Gasteiger partial charge in [0.25, 0.3) is 0 Å². The Morgan fingerprint density at radius 3 is 2.37 bits per heavy atom. The van der Waals surface area contributed by atoms with Gasteiger partial charge in [0.1, 0.15) is 5.82 Å². The Hall–Kier alpha value is -2.21. The third kappa shape index (κ3) is 2.63. The smallest absolute Gasteiger partial charge is 0.292 e. The highest BCUT2D eigenvalue weighted by Crippen LogP contribution is 2.25. The first-order valence-electron chi connectivity index (χ1n) is 6.25. The van der Waals surface area contributed by atoms with Gasteiger partial charge in [-0.1, -0.05) is 32.0 Å². The van der Waals surface area contributed by atoms with Crippen LogP contribution in [0.3, 0.4) is 0 Å². The van der Waals surface area contributed by atoms with Gasteiger partial charge in [0.15, 0.2) is 0 Å². The number of aromatic amines is 1. The highest BCUT2D eigenvalue weighted by Gasteiger charge is 2.12. The topological polar surface area (TPSA) is 96.7 Å². The first-order chi connectivity index (χ1) is 9.19. The molecule has 1 aromatic carbocycles. The van der Waals surface area contributed by atoms with Crippen molar-refractivity contribution in [1.29, 1.82) is 0 Å². The van der Waals surface area contributed by atoms with Crippen LogP contribution in [0.25, 0.3) is 11.4 Å². The van der Waals surface area contributed by atoms with Crippen molar-refractivity contribution in [1.82, 2.24) is 15.0 Å². The van der Waals surface area contributed by atoms with Crippen molar-refractivity contribution in [2.75, 3.05) is 5.43 Å². The molecule has 4 N–H and O–H groups in total. The summed E-state index contributed by atoms with van der Waals surface area (Å²) >= 11 is 0. The molecule has 0 bridgehead atoms. The number of hydrogen-bond acceptors (Lipinski definition) is 5. The Morgan fingerprint density at radius 1 is 1.21 bits per heavy atom. The van der Waals surface area contributed by atoms with Gasteiger partial charge >= 0.3 is 5.69 Å². The quantitative estimate of drug-likeness (QED) is 0.567. The van der Waals surface area contributed by atoms with Crippen LogP contribution in [0.2, 0.25) is 0 Å². The Balaban J connectivity index is 2.70. The molecular formula is C13H17N5O. The van der Waals surface area contributed by atoms with Crippen LogP contribution < -0.4 is 17.0 Å². The van der Waals surface area contributed by atoms with Gasteiger partial charge in [0.05, 0.1) is 0 Å². The highest BCUT2D eigenvalue weighted by atomic mass is 16.1. The summed E-state index contributed by atoms with van der Waals surface area (Å²) in [6.07, 6.45) is 1.72. The fourth-order valence-corrected chi connectivity index (χ4v) is 2.11. The number of nitrogens with zero attached hydrogens (tertiary/aromatic N) is 2. The second-order valence-corrected chi connectivity index (χ2v) is 4.13. The molecule has 0 saturated heterocycles. The summed E-state index contributed by atoms with van der Waals surface area (Å²) in [6.45, 7) is 4.14. The van der Waals surface area contributed by atoms with E-state index in [9.17, 15) is 4.79 Å². The van der Waals surface area contributed by atoms with Crippen LogP contribution >= 0.6 is 0 Å².